The molecule has 3 aliphatic rings. The van der Waals surface area contributed by atoms with Crippen molar-refractivity contribution < 1.29 is 28.3 Å². The summed E-state index contributed by atoms with van der Waals surface area (Å²) in [5.74, 6) is -1.30. The first-order valence-electron chi connectivity index (χ1n) is 12.3. The van der Waals surface area contributed by atoms with Crippen molar-refractivity contribution in [2.75, 3.05) is 18.9 Å². The topological polar surface area (TPSA) is 108 Å². The molecule has 1 aliphatic carbocycles. The minimum absolute atomic E-state index is 0.122. The smallest absolute Gasteiger partial charge is 0.418 e. The van der Waals surface area contributed by atoms with E-state index in [0.717, 1.165) is 22.4 Å². The Morgan fingerprint density at radius 3 is 2.57 bits per heavy atom. The van der Waals surface area contributed by atoms with Crippen LogP contribution in [0.1, 0.15) is 49.8 Å². The summed E-state index contributed by atoms with van der Waals surface area (Å²) < 4.78 is 19.2. The number of carbonyl (C=O) groups excluding carboxylic acids is 4. The average molecular weight is 509 g/mol. The van der Waals surface area contributed by atoms with Crippen molar-refractivity contribution in [1.82, 2.24) is 15.1 Å². The Hall–Kier alpha value is -3.95. The third-order valence-corrected chi connectivity index (χ3v) is 7.89. The molecular formula is C27H29FN4O5. The van der Waals surface area contributed by atoms with Gasteiger partial charge in [-0.3, -0.25) is 9.59 Å². The number of anilines is 1. The van der Waals surface area contributed by atoms with E-state index < -0.39 is 29.7 Å². The number of hydrogen-bond donors (Lipinski definition) is 2. The van der Waals surface area contributed by atoms with E-state index in [0.29, 0.717) is 24.1 Å². The molecule has 0 bridgehead atoms. The molecule has 1 spiro atoms. The first-order valence-corrected chi connectivity index (χ1v) is 12.3. The normalized spacial score (nSPS) is 26.4. The quantitative estimate of drug-likeness (QED) is 0.656. The zero-order valence-corrected chi connectivity index (χ0v) is 21.0. The Morgan fingerprint density at radius 2 is 1.86 bits per heavy atom. The Bertz CT molecular complexity index is 1300. The van der Waals surface area contributed by atoms with E-state index in [1.54, 1.807) is 35.2 Å². The first-order chi connectivity index (χ1) is 17.6. The molecule has 2 aromatic carbocycles. The van der Waals surface area contributed by atoms with E-state index in [1.807, 2.05) is 13.8 Å². The molecule has 37 heavy (non-hydrogen) atoms. The SMILES string of the molecule is CNC(=O)Nc1ccc2c(c1)CCC21OC(=O)N(CC(=O)N2[C@@H](C)CC[C@@]2(C)c2ccc(F)cc2)C1=O. The van der Waals surface area contributed by atoms with Gasteiger partial charge in [0.25, 0.3) is 5.91 Å². The molecule has 2 aromatic rings. The van der Waals surface area contributed by atoms with E-state index in [4.69, 9.17) is 4.74 Å². The Morgan fingerprint density at radius 1 is 1.14 bits per heavy atom. The van der Waals surface area contributed by atoms with Gasteiger partial charge in [-0.25, -0.2) is 18.9 Å². The molecule has 3 atom stereocenters. The molecule has 0 aromatic heterocycles. The number of fused-ring (bicyclic) bond motifs is 2. The largest absolute Gasteiger partial charge is 0.427 e. The van der Waals surface area contributed by atoms with Gasteiger partial charge in [0.2, 0.25) is 11.5 Å². The van der Waals surface area contributed by atoms with E-state index in [9.17, 15) is 23.6 Å². The molecule has 10 heteroatoms. The van der Waals surface area contributed by atoms with Crippen LogP contribution < -0.4 is 10.6 Å². The number of ether oxygens (including phenoxy) is 1. The maximum absolute atomic E-state index is 13.6. The summed E-state index contributed by atoms with van der Waals surface area (Å²) in [4.78, 5) is 54.3. The minimum atomic E-state index is -1.48. The van der Waals surface area contributed by atoms with Gasteiger partial charge in [0, 0.05) is 30.8 Å². The number of imide groups is 1. The number of urea groups is 1. The number of nitrogens with one attached hydrogen (secondary N) is 2. The molecule has 0 radical (unpaired) electrons. The van der Waals surface area contributed by atoms with E-state index >= 15 is 0 Å². The second kappa shape index (κ2) is 8.86. The lowest BCUT2D eigenvalue weighted by molar-refractivity contribution is -0.144. The van der Waals surface area contributed by atoms with Gasteiger partial charge in [0.1, 0.15) is 12.4 Å². The number of benzene rings is 2. The fraction of sp³-hybridized carbons (Fsp3) is 0.407. The third kappa shape index (κ3) is 3.91. The van der Waals surface area contributed by atoms with Crippen LogP contribution in [0.25, 0.3) is 0 Å². The maximum Gasteiger partial charge on any atom is 0.418 e. The zero-order valence-electron chi connectivity index (χ0n) is 21.0. The molecule has 194 valence electrons. The fourth-order valence-corrected chi connectivity index (χ4v) is 5.98. The second-order valence-electron chi connectivity index (χ2n) is 10.1. The van der Waals surface area contributed by atoms with Gasteiger partial charge >= 0.3 is 12.1 Å². The number of nitrogens with zero attached hydrogens (tertiary/aromatic N) is 2. The van der Waals surface area contributed by atoms with Crippen molar-refractivity contribution in [3.63, 3.8) is 0 Å². The van der Waals surface area contributed by atoms with Gasteiger partial charge in [-0.05, 0) is 68.5 Å². The molecule has 0 saturated carbocycles. The Balaban J connectivity index is 1.38. The Kier molecular flexibility index (Phi) is 5.92. The Labute approximate surface area is 213 Å². The number of aryl methyl sites for hydroxylation is 1. The summed E-state index contributed by atoms with van der Waals surface area (Å²) in [6, 6.07) is 10.7. The summed E-state index contributed by atoms with van der Waals surface area (Å²) >= 11 is 0. The number of rotatable bonds is 4. The lowest BCUT2D eigenvalue weighted by atomic mass is 9.89. The lowest BCUT2D eigenvalue weighted by Gasteiger charge is -2.39. The molecule has 2 heterocycles. The third-order valence-electron chi connectivity index (χ3n) is 7.89. The highest BCUT2D eigenvalue weighted by Gasteiger charge is 2.59. The van der Waals surface area contributed by atoms with Crippen LogP contribution in [0.5, 0.6) is 0 Å². The van der Waals surface area contributed by atoms with Crippen LogP contribution >= 0.6 is 0 Å². The highest BCUT2D eigenvalue weighted by Crippen LogP contribution is 2.47. The van der Waals surface area contributed by atoms with Crippen molar-refractivity contribution in [2.45, 2.75) is 56.7 Å². The number of halogens is 1. The van der Waals surface area contributed by atoms with Gasteiger partial charge in [-0.1, -0.05) is 18.2 Å². The summed E-state index contributed by atoms with van der Waals surface area (Å²) in [6.07, 6.45) is 1.30. The molecule has 2 aliphatic heterocycles. The van der Waals surface area contributed by atoms with Crippen LogP contribution in [0, 0.1) is 5.82 Å². The molecule has 5 rings (SSSR count). The molecule has 2 N–H and O–H groups in total. The van der Waals surface area contributed by atoms with Crippen LogP contribution in [0.15, 0.2) is 42.5 Å². The molecule has 2 fully saturated rings. The zero-order chi connectivity index (χ0) is 26.5. The number of carbonyl (C=O) groups is 4. The summed E-state index contributed by atoms with van der Waals surface area (Å²) in [6.45, 7) is 3.41. The van der Waals surface area contributed by atoms with E-state index in [1.165, 1.54) is 19.2 Å². The van der Waals surface area contributed by atoms with Gasteiger partial charge in [0.05, 0.1) is 5.54 Å². The number of likely N-dealkylation sites (tertiary alicyclic amines) is 1. The lowest BCUT2D eigenvalue weighted by Crippen LogP contribution is -2.51. The summed E-state index contributed by atoms with van der Waals surface area (Å²) in [5, 5.41) is 5.17. The average Bonchev–Trinajstić information content (AvgIpc) is 3.47. The van der Waals surface area contributed by atoms with Crippen LogP contribution in [0.4, 0.5) is 19.7 Å². The van der Waals surface area contributed by atoms with Crippen LogP contribution in [0.2, 0.25) is 0 Å². The van der Waals surface area contributed by atoms with Crippen molar-refractivity contribution >= 4 is 29.6 Å². The fourth-order valence-electron chi connectivity index (χ4n) is 5.98. The predicted molar refractivity (Wildman–Crippen MR) is 132 cm³/mol. The maximum atomic E-state index is 13.6. The highest BCUT2D eigenvalue weighted by molar-refractivity contribution is 6.06. The van der Waals surface area contributed by atoms with Crippen LogP contribution in [-0.4, -0.2) is 53.4 Å². The van der Waals surface area contributed by atoms with Crippen molar-refractivity contribution in [3.8, 4) is 0 Å². The van der Waals surface area contributed by atoms with E-state index in [-0.39, 0.29) is 30.2 Å². The van der Waals surface area contributed by atoms with Crippen molar-refractivity contribution in [1.29, 1.82) is 0 Å². The first kappa shape index (κ1) is 24.7. The molecular weight excluding hydrogens is 479 g/mol. The second-order valence-corrected chi connectivity index (χ2v) is 10.1. The van der Waals surface area contributed by atoms with Gasteiger partial charge in [-0.15, -0.1) is 0 Å². The predicted octanol–water partition coefficient (Wildman–Crippen LogP) is 3.62. The molecule has 2 saturated heterocycles. The number of hydrogen-bond acceptors (Lipinski definition) is 5. The highest BCUT2D eigenvalue weighted by atomic mass is 19.1. The van der Waals surface area contributed by atoms with Gasteiger partial charge in [-0.2, -0.15) is 0 Å². The van der Waals surface area contributed by atoms with Gasteiger partial charge < -0.3 is 20.3 Å². The molecule has 9 nitrogen and oxygen atoms in total. The van der Waals surface area contributed by atoms with E-state index in [2.05, 4.69) is 10.6 Å². The molecule has 1 unspecified atom stereocenters. The number of amides is 5. The van der Waals surface area contributed by atoms with Crippen molar-refractivity contribution in [2.24, 2.45) is 0 Å². The summed E-state index contributed by atoms with van der Waals surface area (Å²) in [5.41, 5.74) is 0.540. The summed E-state index contributed by atoms with van der Waals surface area (Å²) in [7, 11) is 1.51. The monoisotopic (exact) mass is 508 g/mol. The molecule has 5 amide bonds. The van der Waals surface area contributed by atoms with Crippen molar-refractivity contribution in [3.05, 3.63) is 65.0 Å². The minimum Gasteiger partial charge on any atom is -0.427 e. The van der Waals surface area contributed by atoms with Crippen LogP contribution in [-0.2, 0) is 31.9 Å². The van der Waals surface area contributed by atoms with Gasteiger partial charge in [0.15, 0.2) is 0 Å². The standard InChI is InChI=1S/C27H29FN4O5/c1-16-10-12-26(2,18-4-6-19(28)7-5-18)32(16)22(33)15-31-23(34)27(37-25(31)36)13-11-17-14-20(8-9-21(17)27)30-24(35)29-3/h4-9,14,16H,10-13,15H2,1-3H3,(H2,29,30,35)/t16-,26-,27?/m0/s1. The van der Waals surface area contributed by atoms with Crippen LogP contribution in [0.3, 0.4) is 0 Å².